The van der Waals surface area contributed by atoms with Crippen LogP contribution in [0.3, 0.4) is 0 Å². The number of fused-ring (bicyclic) bond motifs is 1. The molecule has 6 nitrogen and oxygen atoms in total. The number of benzene rings is 1. The number of hydrazone groups is 1. The van der Waals surface area contributed by atoms with Crippen molar-refractivity contribution in [2.75, 3.05) is 13.7 Å². The Morgan fingerprint density at radius 1 is 1.17 bits per heavy atom. The normalized spacial score (nSPS) is 21.1. The van der Waals surface area contributed by atoms with E-state index in [1.54, 1.807) is 18.3 Å². The van der Waals surface area contributed by atoms with Crippen molar-refractivity contribution < 1.29 is 9.53 Å². The fourth-order valence-electron chi connectivity index (χ4n) is 4.07. The summed E-state index contributed by atoms with van der Waals surface area (Å²) < 4.78 is 7.32. The number of aromatic nitrogens is 2. The summed E-state index contributed by atoms with van der Waals surface area (Å²) >= 11 is 6.36. The van der Waals surface area contributed by atoms with Gasteiger partial charge >= 0.3 is 0 Å². The van der Waals surface area contributed by atoms with Crippen molar-refractivity contribution in [3.05, 3.63) is 59.7 Å². The summed E-state index contributed by atoms with van der Waals surface area (Å²) in [6.07, 6.45) is 13.2. The summed E-state index contributed by atoms with van der Waals surface area (Å²) in [5.41, 5.74) is 1.90. The number of aryl methyl sites for hydroxylation is 1. The smallest absolute Gasteiger partial charge is 0.246 e. The zero-order valence-electron chi connectivity index (χ0n) is 16.5. The van der Waals surface area contributed by atoms with E-state index >= 15 is 0 Å². The molecule has 1 amide bonds. The highest BCUT2D eigenvalue weighted by atomic mass is 35.5. The molecule has 1 aliphatic carbocycles. The summed E-state index contributed by atoms with van der Waals surface area (Å²) in [7, 11) is 1.60. The molecule has 0 saturated heterocycles. The fraction of sp³-hybridized carbons (Fsp3) is 0.409. The Balaban J connectivity index is 1.53. The zero-order chi connectivity index (χ0) is 20.2. The number of halogens is 1. The van der Waals surface area contributed by atoms with Crippen molar-refractivity contribution >= 4 is 23.2 Å². The summed E-state index contributed by atoms with van der Waals surface area (Å²) in [6.45, 7) is 1.51. The van der Waals surface area contributed by atoms with Gasteiger partial charge < -0.3 is 9.30 Å². The molecule has 0 bridgehead atoms. The number of unbranched alkanes of at least 4 members (excludes halogenated alkanes) is 1. The lowest BCUT2D eigenvalue weighted by Gasteiger charge is -2.37. The first-order chi connectivity index (χ1) is 14.2. The number of ether oxygens (including phenoxy) is 1. The van der Waals surface area contributed by atoms with Crippen LogP contribution in [0.1, 0.15) is 31.2 Å². The van der Waals surface area contributed by atoms with E-state index in [2.05, 4.69) is 17.1 Å². The molecule has 1 aliphatic heterocycles. The van der Waals surface area contributed by atoms with E-state index in [0.717, 1.165) is 43.5 Å². The van der Waals surface area contributed by atoms with E-state index in [1.807, 2.05) is 35.3 Å². The van der Waals surface area contributed by atoms with Gasteiger partial charge in [0.1, 0.15) is 5.75 Å². The van der Waals surface area contributed by atoms with Gasteiger partial charge in [-0.1, -0.05) is 23.8 Å². The molecule has 152 valence electrons. The van der Waals surface area contributed by atoms with Crippen molar-refractivity contribution in [3.63, 3.8) is 0 Å². The second-order valence-electron chi connectivity index (χ2n) is 7.46. The molecule has 1 aromatic carbocycles. The van der Waals surface area contributed by atoms with Gasteiger partial charge in [0.15, 0.2) is 0 Å². The molecule has 0 fully saturated rings. The molecule has 29 heavy (non-hydrogen) atoms. The van der Waals surface area contributed by atoms with Crippen LogP contribution in [0, 0.1) is 11.8 Å². The first-order valence-corrected chi connectivity index (χ1v) is 10.4. The monoisotopic (exact) mass is 412 g/mol. The van der Waals surface area contributed by atoms with Crippen LogP contribution in [-0.2, 0) is 11.3 Å². The summed E-state index contributed by atoms with van der Waals surface area (Å²) in [5.74, 6) is 0.811. The Morgan fingerprint density at radius 3 is 2.69 bits per heavy atom. The lowest BCUT2D eigenvalue weighted by molar-refractivity contribution is -0.137. The third kappa shape index (κ3) is 4.22. The molecule has 2 aromatic rings. The number of allylic oxidation sites excluding steroid dienone is 2. The predicted molar refractivity (Wildman–Crippen MR) is 113 cm³/mol. The molecule has 2 atom stereocenters. The van der Waals surface area contributed by atoms with Crippen LogP contribution in [-0.4, -0.2) is 39.8 Å². The van der Waals surface area contributed by atoms with Crippen molar-refractivity contribution in [1.82, 2.24) is 14.6 Å². The summed E-state index contributed by atoms with van der Waals surface area (Å²) in [6, 6.07) is 5.73. The van der Waals surface area contributed by atoms with E-state index in [4.69, 9.17) is 21.4 Å². The van der Waals surface area contributed by atoms with Gasteiger partial charge in [0.2, 0.25) is 5.91 Å². The van der Waals surface area contributed by atoms with E-state index in [0.29, 0.717) is 17.3 Å². The summed E-state index contributed by atoms with van der Waals surface area (Å²) in [4.78, 5) is 17.1. The lowest BCUT2D eigenvalue weighted by Crippen LogP contribution is -2.45. The molecule has 2 aliphatic rings. The van der Waals surface area contributed by atoms with Crippen molar-refractivity contribution in [3.8, 4) is 5.75 Å². The first-order valence-electron chi connectivity index (χ1n) is 10.0. The average molecular weight is 413 g/mol. The fourth-order valence-corrected chi connectivity index (χ4v) is 4.32. The van der Waals surface area contributed by atoms with Gasteiger partial charge in [-0.25, -0.2) is 9.99 Å². The molecule has 0 unspecified atom stereocenters. The first kappa shape index (κ1) is 19.7. The Hall–Kier alpha value is -2.60. The number of imidazole rings is 1. The predicted octanol–water partition coefficient (Wildman–Crippen LogP) is 4.15. The van der Waals surface area contributed by atoms with Crippen LogP contribution >= 0.6 is 11.6 Å². The van der Waals surface area contributed by atoms with Gasteiger partial charge in [-0.05, 0) is 49.4 Å². The average Bonchev–Trinajstić information content (AvgIpc) is 3.26. The minimum Gasteiger partial charge on any atom is -0.495 e. The minimum absolute atomic E-state index is 0.0537. The van der Waals surface area contributed by atoms with Crippen LogP contribution < -0.4 is 4.74 Å². The number of carbonyl (C=O) groups excluding carboxylic acids is 1. The molecule has 4 rings (SSSR count). The molecule has 0 radical (unpaired) electrons. The third-order valence-corrected chi connectivity index (χ3v) is 5.92. The van der Waals surface area contributed by atoms with Crippen molar-refractivity contribution in [2.24, 2.45) is 16.9 Å². The maximum Gasteiger partial charge on any atom is 0.246 e. The number of hydrogen-bond donors (Lipinski definition) is 0. The largest absolute Gasteiger partial charge is 0.495 e. The number of amides is 1. The molecule has 1 aromatic heterocycles. The highest BCUT2D eigenvalue weighted by Gasteiger charge is 2.39. The number of nitrogens with zero attached hydrogens (tertiary/aromatic N) is 4. The number of hydrogen-bond acceptors (Lipinski definition) is 4. The van der Waals surface area contributed by atoms with Gasteiger partial charge in [0.25, 0.3) is 0 Å². The number of rotatable bonds is 7. The maximum absolute atomic E-state index is 13.1. The van der Waals surface area contributed by atoms with Crippen LogP contribution in [0.15, 0.2) is 54.2 Å². The van der Waals surface area contributed by atoms with Crippen LogP contribution in [0.4, 0.5) is 0 Å². The molecule has 0 N–H and O–H groups in total. The standard InChI is InChI=1S/C22H25ClN4O2/c1-29-20-9-8-16(14-19(20)23)21-17-6-2-3-7-18(17)22(28)27(25-21)12-5-4-11-26-13-10-24-15-26/h2-3,8-10,13-15,17-18H,4-7,11-12H2,1H3/t17-,18+/m0/s1. The quantitative estimate of drug-likeness (QED) is 0.507. The third-order valence-electron chi connectivity index (χ3n) is 5.63. The Kier molecular flexibility index (Phi) is 6.00. The number of carbonyl (C=O) groups is 1. The van der Waals surface area contributed by atoms with Crippen LogP contribution in [0.5, 0.6) is 5.75 Å². The SMILES string of the molecule is COc1ccc(C2=NN(CCCCn3ccnc3)C(=O)[C@@H]3CC=CC[C@H]23)cc1Cl. The molecular weight excluding hydrogens is 388 g/mol. The van der Waals surface area contributed by atoms with Gasteiger partial charge in [-0.2, -0.15) is 5.10 Å². The van der Waals surface area contributed by atoms with Gasteiger partial charge in [-0.15, -0.1) is 0 Å². The highest BCUT2D eigenvalue weighted by molar-refractivity contribution is 6.32. The van der Waals surface area contributed by atoms with Crippen molar-refractivity contribution in [1.29, 1.82) is 0 Å². The second kappa shape index (κ2) is 8.82. The van der Waals surface area contributed by atoms with E-state index in [9.17, 15) is 4.79 Å². The van der Waals surface area contributed by atoms with Gasteiger partial charge in [0, 0.05) is 31.4 Å². The Bertz CT molecular complexity index is 923. The zero-order valence-corrected chi connectivity index (χ0v) is 17.3. The Morgan fingerprint density at radius 2 is 1.97 bits per heavy atom. The number of methoxy groups -OCH3 is 1. The maximum atomic E-state index is 13.1. The van der Waals surface area contributed by atoms with Gasteiger partial charge in [-0.3, -0.25) is 4.79 Å². The van der Waals surface area contributed by atoms with Gasteiger partial charge in [0.05, 0.1) is 30.1 Å². The van der Waals surface area contributed by atoms with Crippen molar-refractivity contribution in [2.45, 2.75) is 32.2 Å². The lowest BCUT2D eigenvalue weighted by atomic mass is 9.76. The van der Waals surface area contributed by atoms with E-state index in [1.165, 1.54) is 0 Å². The van der Waals surface area contributed by atoms with Crippen LogP contribution in [0.25, 0.3) is 0 Å². The molecular formula is C22H25ClN4O2. The molecule has 7 heteroatoms. The van der Waals surface area contributed by atoms with Crippen LogP contribution in [0.2, 0.25) is 5.02 Å². The molecule has 2 heterocycles. The molecule has 0 spiro atoms. The highest BCUT2D eigenvalue weighted by Crippen LogP contribution is 2.36. The Labute approximate surface area is 175 Å². The van der Waals surface area contributed by atoms with E-state index < -0.39 is 0 Å². The van der Waals surface area contributed by atoms with E-state index in [-0.39, 0.29) is 17.7 Å². The minimum atomic E-state index is -0.0537. The summed E-state index contributed by atoms with van der Waals surface area (Å²) in [5, 5.41) is 7.02. The second-order valence-corrected chi connectivity index (χ2v) is 7.87. The topological polar surface area (TPSA) is 59.7 Å². The molecule has 0 saturated carbocycles.